The predicted molar refractivity (Wildman–Crippen MR) is 58.4 cm³/mol. The molecular formula is C12H20NO+. The first-order chi connectivity index (χ1) is 6.51. The van der Waals surface area contributed by atoms with Crippen LogP contribution in [0.2, 0.25) is 0 Å². The first-order valence-electron chi connectivity index (χ1n) is 4.98. The van der Waals surface area contributed by atoms with Gasteiger partial charge >= 0.3 is 0 Å². The molecule has 0 bridgehead atoms. The molecule has 2 heteroatoms. The van der Waals surface area contributed by atoms with Gasteiger partial charge in [-0.1, -0.05) is 0 Å². The molecule has 0 fully saturated rings. The molecule has 2 N–H and O–H groups in total. The molecule has 0 radical (unpaired) electrons. The third-order valence-electron chi connectivity index (χ3n) is 2.11. The number of benzene rings is 1. The highest BCUT2D eigenvalue weighted by Crippen LogP contribution is 2.10. The van der Waals surface area contributed by atoms with Crippen molar-refractivity contribution in [2.75, 3.05) is 7.11 Å². The topological polar surface area (TPSA) is 25.8 Å². The van der Waals surface area contributed by atoms with Crippen molar-refractivity contribution in [2.45, 2.75) is 32.9 Å². The minimum Gasteiger partial charge on any atom is -0.497 e. The van der Waals surface area contributed by atoms with E-state index in [2.05, 4.69) is 38.2 Å². The number of hydrogen-bond donors (Lipinski definition) is 1. The molecule has 0 aliphatic rings. The van der Waals surface area contributed by atoms with Crippen LogP contribution in [0.5, 0.6) is 5.75 Å². The fourth-order valence-corrected chi connectivity index (χ4v) is 1.19. The second-order valence-corrected chi connectivity index (χ2v) is 4.62. The van der Waals surface area contributed by atoms with Gasteiger partial charge in [-0.3, -0.25) is 0 Å². The van der Waals surface area contributed by atoms with Crippen LogP contribution in [0.3, 0.4) is 0 Å². The van der Waals surface area contributed by atoms with Crippen LogP contribution in [0.4, 0.5) is 0 Å². The number of nitrogens with two attached hydrogens (primary N) is 1. The summed E-state index contributed by atoms with van der Waals surface area (Å²) in [6.45, 7) is 7.68. The lowest BCUT2D eigenvalue weighted by Crippen LogP contribution is -2.92. The highest BCUT2D eigenvalue weighted by atomic mass is 16.5. The third kappa shape index (κ3) is 3.79. The largest absolute Gasteiger partial charge is 0.497 e. The Morgan fingerprint density at radius 1 is 1.14 bits per heavy atom. The lowest BCUT2D eigenvalue weighted by Gasteiger charge is -2.16. The molecule has 0 saturated carbocycles. The Kier molecular flexibility index (Phi) is 3.53. The van der Waals surface area contributed by atoms with Gasteiger partial charge in [0, 0.05) is 5.56 Å². The molecule has 0 spiro atoms. The molecular weight excluding hydrogens is 174 g/mol. The zero-order valence-electron chi connectivity index (χ0n) is 9.50. The maximum atomic E-state index is 5.10. The molecule has 78 valence electrons. The maximum absolute atomic E-state index is 5.10. The number of rotatable bonds is 3. The Balaban J connectivity index is 2.52. The summed E-state index contributed by atoms with van der Waals surface area (Å²) in [4.78, 5) is 0. The standard InChI is InChI=1S/C12H19NO/c1-12(2,3)13-9-10-5-7-11(14-4)8-6-10/h5-8,13H,9H2,1-4H3/p+1. The number of quaternary nitrogens is 1. The summed E-state index contributed by atoms with van der Waals surface area (Å²) >= 11 is 0. The van der Waals surface area contributed by atoms with E-state index in [1.54, 1.807) is 7.11 Å². The SMILES string of the molecule is COc1ccc(C[NH2+]C(C)(C)C)cc1. The van der Waals surface area contributed by atoms with Gasteiger partial charge in [0.2, 0.25) is 0 Å². The van der Waals surface area contributed by atoms with Crippen LogP contribution >= 0.6 is 0 Å². The third-order valence-corrected chi connectivity index (χ3v) is 2.11. The number of ether oxygens (including phenoxy) is 1. The van der Waals surface area contributed by atoms with Crippen molar-refractivity contribution in [3.63, 3.8) is 0 Å². The van der Waals surface area contributed by atoms with Crippen molar-refractivity contribution in [1.82, 2.24) is 0 Å². The van der Waals surface area contributed by atoms with E-state index in [0.29, 0.717) is 5.54 Å². The van der Waals surface area contributed by atoms with Gasteiger partial charge in [-0.15, -0.1) is 0 Å². The van der Waals surface area contributed by atoms with E-state index in [1.165, 1.54) is 5.56 Å². The summed E-state index contributed by atoms with van der Waals surface area (Å²) in [5.41, 5.74) is 1.63. The van der Waals surface area contributed by atoms with E-state index in [0.717, 1.165) is 12.3 Å². The first-order valence-corrected chi connectivity index (χ1v) is 4.98. The maximum Gasteiger partial charge on any atom is 0.118 e. The van der Waals surface area contributed by atoms with Gasteiger partial charge in [-0.25, -0.2) is 0 Å². The lowest BCUT2D eigenvalue weighted by atomic mass is 10.1. The Bertz CT molecular complexity index is 271. The molecule has 0 heterocycles. The van der Waals surface area contributed by atoms with Gasteiger partial charge in [0.25, 0.3) is 0 Å². The average molecular weight is 194 g/mol. The Morgan fingerprint density at radius 3 is 2.14 bits per heavy atom. The minimum atomic E-state index is 0.292. The van der Waals surface area contributed by atoms with Gasteiger partial charge in [-0.05, 0) is 45.0 Å². The Morgan fingerprint density at radius 2 is 1.71 bits per heavy atom. The summed E-state index contributed by atoms with van der Waals surface area (Å²) in [5, 5.41) is 2.33. The van der Waals surface area contributed by atoms with Crippen molar-refractivity contribution in [3.8, 4) is 5.75 Å². The van der Waals surface area contributed by atoms with Gasteiger partial charge in [0.1, 0.15) is 12.3 Å². The smallest absolute Gasteiger partial charge is 0.118 e. The zero-order valence-corrected chi connectivity index (χ0v) is 9.50. The van der Waals surface area contributed by atoms with Crippen LogP contribution in [-0.2, 0) is 6.54 Å². The molecule has 0 aliphatic carbocycles. The van der Waals surface area contributed by atoms with Crippen LogP contribution in [0.15, 0.2) is 24.3 Å². The Labute approximate surface area is 86.3 Å². The van der Waals surface area contributed by atoms with Crippen molar-refractivity contribution in [3.05, 3.63) is 29.8 Å². The predicted octanol–water partition coefficient (Wildman–Crippen LogP) is 1.56. The molecule has 0 aromatic heterocycles. The van der Waals surface area contributed by atoms with Crippen LogP contribution in [-0.4, -0.2) is 12.6 Å². The number of hydrogen-bond acceptors (Lipinski definition) is 1. The van der Waals surface area contributed by atoms with Gasteiger partial charge in [0.05, 0.1) is 12.6 Å². The average Bonchev–Trinajstić information content (AvgIpc) is 2.14. The molecule has 1 aromatic rings. The van der Waals surface area contributed by atoms with E-state index in [9.17, 15) is 0 Å². The molecule has 1 aromatic carbocycles. The minimum absolute atomic E-state index is 0.292. The van der Waals surface area contributed by atoms with Crippen LogP contribution < -0.4 is 10.1 Å². The molecule has 1 rings (SSSR count). The molecule has 0 amide bonds. The second-order valence-electron chi connectivity index (χ2n) is 4.62. The molecule has 2 nitrogen and oxygen atoms in total. The normalized spacial score (nSPS) is 11.4. The van der Waals surface area contributed by atoms with Gasteiger partial charge < -0.3 is 10.1 Å². The van der Waals surface area contributed by atoms with Crippen molar-refractivity contribution >= 4 is 0 Å². The molecule has 14 heavy (non-hydrogen) atoms. The van der Waals surface area contributed by atoms with Crippen LogP contribution in [0.25, 0.3) is 0 Å². The molecule has 0 unspecified atom stereocenters. The fourth-order valence-electron chi connectivity index (χ4n) is 1.19. The molecule has 0 atom stereocenters. The second kappa shape index (κ2) is 4.47. The van der Waals surface area contributed by atoms with E-state index in [4.69, 9.17) is 4.74 Å². The van der Waals surface area contributed by atoms with Gasteiger partial charge in [0.15, 0.2) is 0 Å². The number of methoxy groups -OCH3 is 1. The highest BCUT2D eigenvalue weighted by molar-refractivity contribution is 5.26. The zero-order chi connectivity index (χ0) is 10.6. The lowest BCUT2D eigenvalue weighted by molar-refractivity contribution is -0.731. The van der Waals surface area contributed by atoms with E-state index in [1.807, 2.05) is 12.1 Å². The van der Waals surface area contributed by atoms with Crippen LogP contribution in [0, 0.1) is 0 Å². The molecule has 0 aliphatic heterocycles. The summed E-state index contributed by atoms with van der Waals surface area (Å²) < 4.78 is 5.10. The molecule has 0 saturated heterocycles. The van der Waals surface area contributed by atoms with Crippen molar-refractivity contribution in [2.24, 2.45) is 0 Å². The summed E-state index contributed by atoms with van der Waals surface area (Å²) in [5.74, 6) is 0.921. The fraction of sp³-hybridized carbons (Fsp3) is 0.500. The highest BCUT2D eigenvalue weighted by Gasteiger charge is 2.12. The van der Waals surface area contributed by atoms with Crippen molar-refractivity contribution in [1.29, 1.82) is 0 Å². The summed E-state index contributed by atoms with van der Waals surface area (Å²) in [6.07, 6.45) is 0. The van der Waals surface area contributed by atoms with Gasteiger partial charge in [-0.2, -0.15) is 0 Å². The van der Waals surface area contributed by atoms with E-state index in [-0.39, 0.29) is 0 Å². The van der Waals surface area contributed by atoms with E-state index >= 15 is 0 Å². The quantitative estimate of drug-likeness (QED) is 0.776. The first kappa shape index (κ1) is 11.1. The van der Waals surface area contributed by atoms with Crippen molar-refractivity contribution < 1.29 is 10.1 Å². The summed E-state index contributed by atoms with van der Waals surface area (Å²) in [6, 6.07) is 8.24. The van der Waals surface area contributed by atoms with E-state index < -0.39 is 0 Å². The summed E-state index contributed by atoms with van der Waals surface area (Å²) in [7, 11) is 1.69. The van der Waals surface area contributed by atoms with Crippen LogP contribution in [0.1, 0.15) is 26.3 Å². The Hall–Kier alpha value is -1.02. The monoisotopic (exact) mass is 194 g/mol.